The molecule has 1 aromatic rings. The second-order valence-electron chi connectivity index (χ2n) is 8.83. The molecule has 0 aromatic carbocycles. The number of hydrogen-bond donors (Lipinski definition) is 1. The number of nitrogens with one attached hydrogen (secondary N) is 1. The van der Waals surface area contributed by atoms with Crippen molar-refractivity contribution in [1.29, 1.82) is 0 Å². The highest BCUT2D eigenvalue weighted by Gasteiger charge is 2.37. The molecule has 0 bridgehead atoms. The summed E-state index contributed by atoms with van der Waals surface area (Å²) in [6, 6.07) is 0. The fourth-order valence-electron chi connectivity index (χ4n) is 3.99. The summed E-state index contributed by atoms with van der Waals surface area (Å²) in [6.07, 6.45) is 12.4. The third-order valence-electron chi connectivity index (χ3n) is 6.01. The number of aromatic nitrogens is 2. The lowest BCUT2D eigenvalue weighted by Crippen LogP contribution is -2.28. The molecule has 8 heteroatoms. The van der Waals surface area contributed by atoms with E-state index in [1.807, 2.05) is 0 Å². The van der Waals surface area contributed by atoms with Crippen molar-refractivity contribution in [2.24, 2.45) is 0 Å². The summed E-state index contributed by atoms with van der Waals surface area (Å²) in [5.41, 5.74) is 0.271. The molecule has 0 aliphatic carbocycles. The van der Waals surface area contributed by atoms with Crippen molar-refractivity contribution in [3.8, 4) is 0 Å². The molecule has 0 saturated carbocycles. The Hall–Kier alpha value is -1.54. The number of alkyl halides is 1. The second kappa shape index (κ2) is 14.6. The number of carbonyl (C=O) groups excluding carboxylic acids is 1. The monoisotopic (exact) mass is 470 g/mol. The van der Waals surface area contributed by atoms with Crippen molar-refractivity contribution in [2.75, 3.05) is 6.61 Å². The normalized spacial score (nSPS) is 20.5. The van der Waals surface area contributed by atoms with Crippen LogP contribution in [0.1, 0.15) is 102 Å². The summed E-state index contributed by atoms with van der Waals surface area (Å²) < 4.78 is 26.9. The number of ether oxygens (including phenoxy) is 2. The smallest absolute Gasteiger partial charge is 0.328 e. The first kappa shape index (κ1) is 26.7. The van der Waals surface area contributed by atoms with E-state index < -0.39 is 24.2 Å². The Bertz CT molecular complexity index is 810. The third kappa shape index (κ3) is 9.14. The van der Waals surface area contributed by atoms with Gasteiger partial charge in [0, 0.05) is 24.6 Å². The van der Waals surface area contributed by atoms with Gasteiger partial charge < -0.3 is 9.47 Å². The van der Waals surface area contributed by atoms with E-state index in [0.29, 0.717) is 16.6 Å². The Labute approximate surface area is 195 Å². The minimum absolute atomic E-state index is 0.0325. The van der Waals surface area contributed by atoms with Crippen molar-refractivity contribution in [3.05, 3.63) is 26.9 Å². The molecular formula is C24H39FN2O4S. The Balaban J connectivity index is 1.57. The summed E-state index contributed by atoms with van der Waals surface area (Å²) >= 11 is 5.04. The first-order chi connectivity index (χ1) is 15.4. The number of rotatable bonds is 15. The Morgan fingerprint density at radius 2 is 1.75 bits per heavy atom. The van der Waals surface area contributed by atoms with Crippen LogP contribution in [0.25, 0.3) is 0 Å². The van der Waals surface area contributed by atoms with Gasteiger partial charge in [-0.05, 0) is 13.3 Å². The first-order valence-electron chi connectivity index (χ1n) is 12.2. The van der Waals surface area contributed by atoms with Crippen molar-refractivity contribution in [3.63, 3.8) is 0 Å². The Morgan fingerprint density at radius 1 is 1.16 bits per heavy atom. The van der Waals surface area contributed by atoms with Crippen LogP contribution in [-0.2, 0) is 14.3 Å². The zero-order valence-electron chi connectivity index (χ0n) is 19.6. The van der Waals surface area contributed by atoms with Crippen molar-refractivity contribution < 1.29 is 18.7 Å². The lowest BCUT2D eigenvalue weighted by atomic mass is 10.1. The van der Waals surface area contributed by atoms with Gasteiger partial charge >= 0.3 is 11.7 Å². The van der Waals surface area contributed by atoms with Crippen molar-refractivity contribution >= 4 is 18.2 Å². The lowest BCUT2D eigenvalue weighted by Gasteiger charge is -2.16. The molecular weight excluding hydrogens is 431 g/mol. The van der Waals surface area contributed by atoms with E-state index in [1.54, 1.807) is 13.1 Å². The van der Waals surface area contributed by atoms with E-state index >= 15 is 0 Å². The van der Waals surface area contributed by atoms with Gasteiger partial charge in [-0.25, -0.2) is 9.18 Å². The summed E-state index contributed by atoms with van der Waals surface area (Å²) in [4.78, 5) is 26.6. The summed E-state index contributed by atoms with van der Waals surface area (Å²) in [5.74, 6) is -0.322. The standard InChI is InChI=1S/C24H39FN2O4S/c1-3-4-5-6-7-8-9-10-11-12-13-14-22(28)30-17-20-19(25)15-21(31-20)27-16-18(2)23(32)26-24(27)29/h16,19-21H,3-15,17H2,1-2H3,(H,26,29,32)/t19-,20+,21+/m0/s1. The van der Waals surface area contributed by atoms with Gasteiger partial charge in [-0.1, -0.05) is 83.3 Å². The van der Waals surface area contributed by atoms with Gasteiger partial charge in [-0.2, -0.15) is 0 Å². The maximum atomic E-state index is 14.4. The fourth-order valence-corrected chi connectivity index (χ4v) is 4.13. The van der Waals surface area contributed by atoms with E-state index in [9.17, 15) is 14.0 Å². The molecule has 1 N–H and O–H groups in total. The predicted octanol–water partition coefficient (Wildman–Crippen LogP) is 6.08. The number of hydrogen-bond acceptors (Lipinski definition) is 5. The minimum atomic E-state index is -1.30. The predicted molar refractivity (Wildman–Crippen MR) is 126 cm³/mol. The molecule has 3 atom stereocenters. The van der Waals surface area contributed by atoms with Crippen LogP contribution in [0.4, 0.5) is 4.39 Å². The van der Waals surface area contributed by atoms with E-state index in [0.717, 1.165) is 19.3 Å². The number of nitrogens with zero attached hydrogens (tertiary/aromatic N) is 1. The van der Waals surface area contributed by atoms with Crippen LogP contribution in [0.2, 0.25) is 0 Å². The number of halogens is 1. The molecule has 0 amide bonds. The summed E-state index contributed by atoms with van der Waals surface area (Å²) in [5, 5.41) is 0. The number of carbonyl (C=O) groups is 1. The molecule has 0 spiro atoms. The molecule has 1 saturated heterocycles. The molecule has 1 fully saturated rings. The molecule has 2 heterocycles. The van der Waals surface area contributed by atoms with Crippen molar-refractivity contribution in [2.45, 2.75) is 116 Å². The van der Waals surface area contributed by atoms with Gasteiger partial charge in [0.2, 0.25) is 0 Å². The Kier molecular flexibility index (Phi) is 12.2. The maximum absolute atomic E-state index is 14.4. The zero-order chi connectivity index (χ0) is 23.3. The highest BCUT2D eigenvalue weighted by molar-refractivity contribution is 7.71. The number of unbranched alkanes of at least 4 members (excludes halogenated alkanes) is 10. The van der Waals surface area contributed by atoms with Crippen LogP contribution >= 0.6 is 12.2 Å². The van der Waals surface area contributed by atoms with E-state index in [2.05, 4.69) is 11.9 Å². The van der Waals surface area contributed by atoms with Crippen LogP contribution in [0, 0.1) is 11.6 Å². The highest BCUT2D eigenvalue weighted by atomic mass is 32.1. The number of esters is 1. The van der Waals surface area contributed by atoms with Crippen LogP contribution in [-0.4, -0.2) is 34.4 Å². The molecule has 6 nitrogen and oxygen atoms in total. The molecule has 32 heavy (non-hydrogen) atoms. The number of H-pyrrole nitrogens is 1. The quantitative estimate of drug-likeness (QED) is 0.191. The molecule has 2 rings (SSSR count). The minimum Gasteiger partial charge on any atom is -0.463 e. The summed E-state index contributed by atoms with van der Waals surface area (Å²) in [6.45, 7) is 3.87. The fraction of sp³-hybridized carbons (Fsp3) is 0.792. The average molecular weight is 471 g/mol. The van der Waals surface area contributed by atoms with Gasteiger partial charge in [0.25, 0.3) is 0 Å². The molecule has 1 aliphatic rings. The van der Waals surface area contributed by atoms with E-state index in [4.69, 9.17) is 21.7 Å². The molecule has 1 aliphatic heterocycles. The van der Waals surface area contributed by atoms with Crippen LogP contribution < -0.4 is 5.69 Å². The van der Waals surface area contributed by atoms with Crippen LogP contribution in [0.15, 0.2) is 11.0 Å². The first-order valence-corrected chi connectivity index (χ1v) is 12.6. The molecule has 0 radical (unpaired) electrons. The number of aromatic amines is 1. The topological polar surface area (TPSA) is 73.3 Å². The van der Waals surface area contributed by atoms with E-state index in [-0.39, 0.29) is 19.0 Å². The summed E-state index contributed by atoms with van der Waals surface area (Å²) in [7, 11) is 0. The van der Waals surface area contributed by atoms with Crippen molar-refractivity contribution in [1.82, 2.24) is 9.55 Å². The average Bonchev–Trinajstić information content (AvgIpc) is 3.13. The lowest BCUT2D eigenvalue weighted by molar-refractivity contribution is -0.149. The largest absolute Gasteiger partial charge is 0.463 e. The molecule has 1 aromatic heterocycles. The van der Waals surface area contributed by atoms with Gasteiger partial charge in [0.05, 0.1) is 0 Å². The molecule has 182 valence electrons. The van der Waals surface area contributed by atoms with Gasteiger partial charge in [0.1, 0.15) is 29.8 Å². The zero-order valence-corrected chi connectivity index (χ0v) is 20.4. The number of aryl methyl sites for hydroxylation is 1. The highest BCUT2D eigenvalue weighted by Crippen LogP contribution is 2.30. The SMILES string of the molecule is CCCCCCCCCCCCCC(=O)OC[C@H]1O[C@@H](n2cc(C)c(=S)[nH]c2=O)C[C@@H]1F. The Morgan fingerprint density at radius 3 is 2.38 bits per heavy atom. The molecule has 0 unspecified atom stereocenters. The van der Waals surface area contributed by atoms with E-state index in [1.165, 1.54) is 55.9 Å². The van der Waals surface area contributed by atoms with Crippen LogP contribution in [0.5, 0.6) is 0 Å². The van der Waals surface area contributed by atoms with Crippen LogP contribution in [0.3, 0.4) is 0 Å². The van der Waals surface area contributed by atoms with Gasteiger partial charge in [-0.15, -0.1) is 0 Å². The second-order valence-corrected chi connectivity index (χ2v) is 9.24. The maximum Gasteiger partial charge on any atom is 0.328 e. The van der Waals surface area contributed by atoms with Gasteiger partial charge in [0.15, 0.2) is 0 Å². The van der Waals surface area contributed by atoms with Gasteiger partial charge in [-0.3, -0.25) is 14.3 Å². The third-order valence-corrected chi connectivity index (χ3v) is 6.44.